The summed E-state index contributed by atoms with van der Waals surface area (Å²) in [6, 6.07) is 27.5. The van der Waals surface area contributed by atoms with E-state index in [1.54, 1.807) is 0 Å². The third-order valence-corrected chi connectivity index (χ3v) is 4.22. The van der Waals surface area contributed by atoms with Gasteiger partial charge in [0.2, 0.25) is 0 Å². The van der Waals surface area contributed by atoms with Crippen molar-refractivity contribution in [1.82, 2.24) is 0 Å². The molecular weight excluding hydrogens is 306 g/mol. The summed E-state index contributed by atoms with van der Waals surface area (Å²) in [4.78, 5) is 6.64. The second kappa shape index (κ2) is 7.31. The molecular formula is C22H25N3. The second-order valence-corrected chi connectivity index (χ2v) is 6.44. The van der Waals surface area contributed by atoms with Crippen LogP contribution in [0.4, 0.5) is 28.4 Å². The van der Waals surface area contributed by atoms with Gasteiger partial charge in [0, 0.05) is 33.9 Å². The normalized spacial score (nSPS) is 10.4. The molecule has 25 heavy (non-hydrogen) atoms. The van der Waals surface area contributed by atoms with E-state index in [0.717, 1.165) is 17.1 Å². The van der Waals surface area contributed by atoms with E-state index in [2.05, 4.69) is 122 Å². The van der Waals surface area contributed by atoms with Crippen LogP contribution in [-0.4, -0.2) is 28.2 Å². The SMILES string of the molecule is CN(C)c1ccccc1N(c1ccccc1)c1ccccc1N(C)C. The smallest absolute Gasteiger partial charge is 0.0696 e. The van der Waals surface area contributed by atoms with Gasteiger partial charge in [-0.3, -0.25) is 0 Å². The predicted molar refractivity (Wildman–Crippen MR) is 110 cm³/mol. The lowest BCUT2D eigenvalue weighted by molar-refractivity contribution is 1.10. The van der Waals surface area contributed by atoms with Crippen LogP contribution in [0, 0.1) is 0 Å². The van der Waals surface area contributed by atoms with E-state index in [0.29, 0.717) is 0 Å². The van der Waals surface area contributed by atoms with Crippen LogP contribution in [0.1, 0.15) is 0 Å². The minimum Gasteiger partial charge on any atom is -0.376 e. The zero-order valence-corrected chi connectivity index (χ0v) is 15.3. The highest BCUT2D eigenvalue weighted by molar-refractivity contribution is 5.89. The molecule has 0 atom stereocenters. The molecule has 128 valence electrons. The molecule has 0 saturated carbocycles. The number of benzene rings is 3. The second-order valence-electron chi connectivity index (χ2n) is 6.44. The first-order valence-corrected chi connectivity index (χ1v) is 8.47. The Morgan fingerprint density at radius 1 is 0.440 bits per heavy atom. The van der Waals surface area contributed by atoms with Crippen molar-refractivity contribution >= 4 is 28.4 Å². The third kappa shape index (κ3) is 3.45. The third-order valence-electron chi connectivity index (χ3n) is 4.22. The minimum absolute atomic E-state index is 1.14. The van der Waals surface area contributed by atoms with Crippen LogP contribution in [0.15, 0.2) is 78.9 Å². The fraction of sp³-hybridized carbons (Fsp3) is 0.182. The first-order valence-electron chi connectivity index (χ1n) is 8.47. The molecule has 3 nitrogen and oxygen atoms in total. The molecule has 0 saturated heterocycles. The highest BCUT2D eigenvalue weighted by atomic mass is 15.2. The molecule has 3 heteroatoms. The number of hydrogen-bond donors (Lipinski definition) is 0. The first kappa shape index (κ1) is 16.9. The molecule has 3 aromatic rings. The van der Waals surface area contributed by atoms with Crippen molar-refractivity contribution in [3.63, 3.8) is 0 Å². The fourth-order valence-electron chi connectivity index (χ4n) is 3.05. The molecule has 0 spiro atoms. The monoisotopic (exact) mass is 331 g/mol. The molecule has 0 bridgehead atoms. The summed E-state index contributed by atoms with van der Waals surface area (Å²) >= 11 is 0. The highest BCUT2D eigenvalue weighted by Gasteiger charge is 2.19. The molecule has 0 aliphatic rings. The van der Waals surface area contributed by atoms with E-state index in [9.17, 15) is 0 Å². The van der Waals surface area contributed by atoms with Gasteiger partial charge in [0.15, 0.2) is 0 Å². The summed E-state index contributed by atoms with van der Waals surface area (Å²) in [6.45, 7) is 0. The van der Waals surface area contributed by atoms with Crippen LogP contribution in [-0.2, 0) is 0 Å². The quantitative estimate of drug-likeness (QED) is 0.629. The molecule has 0 aliphatic heterocycles. The van der Waals surface area contributed by atoms with E-state index in [1.807, 2.05) is 0 Å². The summed E-state index contributed by atoms with van der Waals surface area (Å²) in [5.41, 5.74) is 5.83. The Kier molecular flexibility index (Phi) is 4.94. The van der Waals surface area contributed by atoms with Crippen LogP contribution in [0.25, 0.3) is 0 Å². The molecule has 0 aliphatic carbocycles. The zero-order valence-electron chi connectivity index (χ0n) is 15.3. The average molecular weight is 331 g/mol. The minimum atomic E-state index is 1.14. The van der Waals surface area contributed by atoms with Crippen molar-refractivity contribution in [2.75, 3.05) is 42.9 Å². The molecule has 0 amide bonds. The summed E-state index contributed by atoms with van der Waals surface area (Å²) in [7, 11) is 8.33. The topological polar surface area (TPSA) is 9.72 Å². The Balaban J connectivity index is 2.27. The van der Waals surface area contributed by atoms with Crippen LogP contribution >= 0.6 is 0 Å². The summed E-state index contributed by atoms with van der Waals surface area (Å²) in [6.07, 6.45) is 0. The van der Waals surface area contributed by atoms with Gasteiger partial charge in [-0.05, 0) is 36.4 Å². The van der Waals surface area contributed by atoms with E-state index >= 15 is 0 Å². The summed E-state index contributed by atoms with van der Waals surface area (Å²) in [5.74, 6) is 0. The number of hydrogen-bond acceptors (Lipinski definition) is 3. The van der Waals surface area contributed by atoms with Crippen molar-refractivity contribution in [1.29, 1.82) is 0 Å². The number of para-hydroxylation sites is 5. The van der Waals surface area contributed by atoms with Gasteiger partial charge in [0.1, 0.15) is 0 Å². The Hall–Kier alpha value is -2.94. The highest BCUT2D eigenvalue weighted by Crippen LogP contribution is 2.43. The molecule has 3 rings (SSSR count). The average Bonchev–Trinajstić information content (AvgIpc) is 2.63. The van der Waals surface area contributed by atoms with E-state index in [-0.39, 0.29) is 0 Å². The van der Waals surface area contributed by atoms with Gasteiger partial charge in [0.25, 0.3) is 0 Å². The number of nitrogens with zero attached hydrogens (tertiary/aromatic N) is 3. The Labute approximate surface area is 150 Å². The maximum absolute atomic E-state index is 2.32. The van der Waals surface area contributed by atoms with Gasteiger partial charge in [-0.15, -0.1) is 0 Å². The van der Waals surface area contributed by atoms with E-state index < -0.39 is 0 Å². The van der Waals surface area contributed by atoms with Gasteiger partial charge in [-0.25, -0.2) is 0 Å². The van der Waals surface area contributed by atoms with Gasteiger partial charge >= 0.3 is 0 Å². The molecule has 0 unspecified atom stereocenters. The van der Waals surface area contributed by atoms with Crippen molar-refractivity contribution in [3.05, 3.63) is 78.9 Å². The lowest BCUT2D eigenvalue weighted by atomic mass is 10.1. The maximum atomic E-state index is 2.32. The standard InChI is InChI=1S/C22H25N3/c1-23(2)19-14-8-10-16-21(19)25(18-12-6-5-7-13-18)22-17-11-9-15-20(22)24(3)4/h5-17H,1-4H3. The maximum Gasteiger partial charge on any atom is 0.0696 e. The summed E-state index contributed by atoms with van der Waals surface area (Å²) < 4.78 is 0. The van der Waals surface area contributed by atoms with Gasteiger partial charge < -0.3 is 14.7 Å². The van der Waals surface area contributed by atoms with Gasteiger partial charge in [0.05, 0.1) is 22.7 Å². The predicted octanol–water partition coefficient (Wildman–Crippen LogP) is 5.29. The molecule has 0 aromatic heterocycles. The van der Waals surface area contributed by atoms with E-state index in [4.69, 9.17) is 0 Å². The fourth-order valence-corrected chi connectivity index (χ4v) is 3.05. The lowest BCUT2D eigenvalue weighted by Crippen LogP contribution is -2.19. The van der Waals surface area contributed by atoms with Crippen molar-refractivity contribution < 1.29 is 0 Å². The largest absolute Gasteiger partial charge is 0.376 e. The van der Waals surface area contributed by atoms with Crippen molar-refractivity contribution in [2.45, 2.75) is 0 Å². The van der Waals surface area contributed by atoms with Crippen LogP contribution < -0.4 is 14.7 Å². The molecule has 0 N–H and O–H groups in total. The van der Waals surface area contributed by atoms with E-state index in [1.165, 1.54) is 11.4 Å². The van der Waals surface area contributed by atoms with Crippen LogP contribution in [0.3, 0.4) is 0 Å². The number of rotatable bonds is 5. The molecule has 0 radical (unpaired) electrons. The zero-order chi connectivity index (χ0) is 17.8. The molecule has 3 aromatic carbocycles. The van der Waals surface area contributed by atoms with Gasteiger partial charge in [-0.2, -0.15) is 0 Å². The van der Waals surface area contributed by atoms with Crippen molar-refractivity contribution in [2.24, 2.45) is 0 Å². The van der Waals surface area contributed by atoms with Gasteiger partial charge in [-0.1, -0.05) is 42.5 Å². The number of anilines is 5. The Morgan fingerprint density at radius 3 is 1.20 bits per heavy atom. The Bertz CT molecular complexity index is 774. The van der Waals surface area contributed by atoms with Crippen molar-refractivity contribution in [3.8, 4) is 0 Å². The first-order chi connectivity index (χ1) is 12.1. The Morgan fingerprint density at radius 2 is 0.800 bits per heavy atom. The lowest BCUT2D eigenvalue weighted by Gasteiger charge is -2.32. The van der Waals surface area contributed by atoms with Crippen LogP contribution in [0.5, 0.6) is 0 Å². The summed E-state index contributed by atoms with van der Waals surface area (Å²) in [5, 5.41) is 0. The van der Waals surface area contributed by atoms with Crippen LogP contribution in [0.2, 0.25) is 0 Å². The molecule has 0 fully saturated rings. The molecule has 0 heterocycles.